The number of aromatic nitrogens is 1. The van der Waals surface area contributed by atoms with Crippen molar-refractivity contribution in [3.8, 4) is 11.6 Å². The first-order chi connectivity index (χ1) is 11.0. The van der Waals surface area contributed by atoms with Crippen molar-refractivity contribution >= 4 is 29.5 Å². The first kappa shape index (κ1) is 17.5. The minimum Gasteiger partial charge on any atom is -0.494 e. The number of rotatable bonds is 8. The number of carbonyl (C=O) groups is 1. The molecule has 0 bridgehead atoms. The summed E-state index contributed by atoms with van der Waals surface area (Å²) in [5.41, 5.74) is 1.00. The number of carboxylic acids is 1. The van der Waals surface area contributed by atoms with Gasteiger partial charge in [-0.05, 0) is 36.3 Å². The summed E-state index contributed by atoms with van der Waals surface area (Å²) in [5, 5.41) is 19.0. The largest absolute Gasteiger partial charge is 0.494 e. The molecule has 2 rings (SSSR count). The Labute approximate surface area is 143 Å². The number of aliphatic carboxylic acids is 1. The molecule has 0 unspecified atom stereocenters. The standard InChI is InChI=1S/C16H19NO4S2/c1-2-3-8-21-12-6-4-11(5-7-12)9-13-15(20)17(10-14(18)19)16(22)23-13/h4-7,20H,2-3,8-10H2,1H3,(H,18,19). The third-order valence-corrected chi connectivity index (χ3v) is 4.72. The van der Waals surface area contributed by atoms with Crippen LogP contribution in [0.4, 0.5) is 0 Å². The summed E-state index contributed by atoms with van der Waals surface area (Å²) in [6.45, 7) is 2.49. The predicted molar refractivity (Wildman–Crippen MR) is 92.1 cm³/mol. The number of ether oxygens (including phenoxy) is 1. The van der Waals surface area contributed by atoms with Gasteiger partial charge >= 0.3 is 5.97 Å². The predicted octanol–water partition coefficient (Wildman–Crippen LogP) is 3.84. The molecule has 0 fully saturated rings. The van der Waals surface area contributed by atoms with Crippen LogP contribution in [0.3, 0.4) is 0 Å². The summed E-state index contributed by atoms with van der Waals surface area (Å²) >= 11 is 6.35. The lowest BCUT2D eigenvalue weighted by atomic mass is 10.1. The fraction of sp³-hybridized carbons (Fsp3) is 0.375. The highest BCUT2D eigenvalue weighted by atomic mass is 32.1. The second-order valence-electron chi connectivity index (χ2n) is 5.12. The normalized spacial score (nSPS) is 10.7. The molecule has 0 radical (unpaired) electrons. The summed E-state index contributed by atoms with van der Waals surface area (Å²) in [7, 11) is 0. The maximum Gasteiger partial charge on any atom is 0.323 e. The van der Waals surface area contributed by atoms with Crippen molar-refractivity contribution in [2.45, 2.75) is 32.7 Å². The molecule has 0 aliphatic heterocycles. The summed E-state index contributed by atoms with van der Waals surface area (Å²) < 4.78 is 7.21. The van der Waals surface area contributed by atoms with Crippen molar-refractivity contribution in [2.24, 2.45) is 0 Å². The highest BCUT2D eigenvalue weighted by Gasteiger charge is 2.14. The SMILES string of the molecule is CCCCOc1ccc(Cc2sc(=S)n(CC(=O)O)c2O)cc1. The Morgan fingerprint density at radius 1 is 1.35 bits per heavy atom. The van der Waals surface area contributed by atoms with Gasteiger partial charge < -0.3 is 14.9 Å². The average molecular weight is 353 g/mol. The molecule has 2 aromatic rings. The van der Waals surface area contributed by atoms with E-state index in [9.17, 15) is 9.90 Å². The fourth-order valence-corrected chi connectivity index (χ4v) is 3.42. The number of unbranched alkanes of at least 4 members (excludes halogenated alkanes) is 1. The van der Waals surface area contributed by atoms with Crippen LogP contribution in [0.1, 0.15) is 30.2 Å². The molecule has 5 nitrogen and oxygen atoms in total. The van der Waals surface area contributed by atoms with Gasteiger partial charge in [0.15, 0.2) is 3.95 Å². The van der Waals surface area contributed by atoms with Crippen LogP contribution in [0.2, 0.25) is 0 Å². The van der Waals surface area contributed by atoms with Crippen molar-refractivity contribution in [3.05, 3.63) is 38.7 Å². The molecule has 0 amide bonds. The van der Waals surface area contributed by atoms with Gasteiger partial charge in [0.25, 0.3) is 0 Å². The van der Waals surface area contributed by atoms with Crippen LogP contribution in [0.5, 0.6) is 11.6 Å². The van der Waals surface area contributed by atoms with Crippen LogP contribution >= 0.6 is 23.6 Å². The highest BCUT2D eigenvalue weighted by Crippen LogP contribution is 2.29. The molecule has 0 atom stereocenters. The zero-order valence-electron chi connectivity index (χ0n) is 12.8. The molecular formula is C16H19NO4S2. The second kappa shape index (κ2) is 8.12. The molecule has 1 heterocycles. The van der Waals surface area contributed by atoms with Gasteiger partial charge in [-0.2, -0.15) is 0 Å². The smallest absolute Gasteiger partial charge is 0.323 e. The van der Waals surface area contributed by atoms with E-state index in [2.05, 4.69) is 6.92 Å². The quantitative estimate of drug-likeness (QED) is 0.557. The van der Waals surface area contributed by atoms with E-state index in [1.807, 2.05) is 24.3 Å². The Hall–Kier alpha value is -1.86. The molecule has 124 valence electrons. The minimum absolute atomic E-state index is 0.0642. The Kier molecular flexibility index (Phi) is 6.18. The lowest BCUT2D eigenvalue weighted by Gasteiger charge is -2.06. The number of nitrogens with zero attached hydrogens (tertiary/aromatic N) is 1. The molecule has 7 heteroatoms. The molecule has 23 heavy (non-hydrogen) atoms. The van der Waals surface area contributed by atoms with Gasteiger partial charge in [0.05, 0.1) is 11.5 Å². The molecule has 0 saturated heterocycles. The number of thiazole rings is 1. The van der Waals surface area contributed by atoms with E-state index >= 15 is 0 Å². The molecule has 1 aromatic carbocycles. The van der Waals surface area contributed by atoms with E-state index in [4.69, 9.17) is 22.1 Å². The van der Waals surface area contributed by atoms with E-state index in [0.29, 0.717) is 21.9 Å². The van der Waals surface area contributed by atoms with Crippen molar-refractivity contribution in [1.82, 2.24) is 4.57 Å². The lowest BCUT2D eigenvalue weighted by Crippen LogP contribution is -2.08. The first-order valence-corrected chi connectivity index (χ1v) is 8.58. The van der Waals surface area contributed by atoms with Crippen LogP contribution < -0.4 is 4.74 Å². The molecule has 1 aromatic heterocycles. The fourth-order valence-electron chi connectivity index (χ4n) is 2.06. The van der Waals surface area contributed by atoms with Gasteiger partial charge in [-0.3, -0.25) is 9.36 Å². The Balaban J connectivity index is 2.07. The molecule has 0 spiro atoms. The van der Waals surface area contributed by atoms with Crippen LogP contribution in [0.15, 0.2) is 24.3 Å². The number of carboxylic acid groups (broad SMARTS) is 1. The minimum atomic E-state index is -1.03. The van der Waals surface area contributed by atoms with Crippen LogP contribution in [-0.4, -0.2) is 27.4 Å². The summed E-state index contributed by atoms with van der Waals surface area (Å²) in [4.78, 5) is 11.5. The third-order valence-electron chi connectivity index (χ3n) is 3.28. The van der Waals surface area contributed by atoms with E-state index in [-0.39, 0.29) is 12.4 Å². The highest BCUT2D eigenvalue weighted by molar-refractivity contribution is 7.73. The molecule has 0 aliphatic carbocycles. The van der Waals surface area contributed by atoms with Gasteiger partial charge in [0.2, 0.25) is 5.88 Å². The summed E-state index contributed by atoms with van der Waals surface area (Å²) in [6, 6.07) is 7.67. The molecule has 0 aliphatic rings. The average Bonchev–Trinajstić information content (AvgIpc) is 2.76. The molecular weight excluding hydrogens is 334 g/mol. The van der Waals surface area contributed by atoms with Gasteiger partial charge in [-0.25, -0.2) is 0 Å². The van der Waals surface area contributed by atoms with Gasteiger partial charge in [0, 0.05) is 6.42 Å². The Bertz CT molecular complexity index is 719. The van der Waals surface area contributed by atoms with Crippen molar-refractivity contribution in [1.29, 1.82) is 0 Å². The van der Waals surface area contributed by atoms with Gasteiger partial charge in [-0.15, -0.1) is 11.3 Å². The third kappa shape index (κ3) is 4.80. The van der Waals surface area contributed by atoms with Crippen molar-refractivity contribution < 1.29 is 19.7 Å². The van der Waals surface area contributed by atoms with Gasteiger partial charge in [-0.1, -0.05) is 25.5 Å². The number of benzene rings is 1. The number of aromatic hydroxyl groups is 1. The van der Waals surface area contributed by atoms with Crippen molar-refractivity contribution in [3.63, 3.8) is 0 Å². The van der Waals surface area contributed by atoms with Crippen molar-refractivity contribution in [2.75, 3.05) is 6.61 Å². The van der Waals surface area contributed by atoms with Crippen LogP contribution in [0.25, 0.3) is 0 Å². The van der Waals surface area contributed by atoms with E-state index in [1.54, 1.807) is 0 Å². The van der Waals surface area contributed by atoms with E-state index in [0.717, 1.165) is 24.2 Å². The maximum atomic E-state index is 10.8. The number of hydrogen-bond acceptors (Lipinski definition) is 5. The lowest BCUT2D eigenvalue weighted by molar-refractivity contribution is -0.137. The zero-order valence-corrected chi connectivity index (χ0v) is 14.5. The first-order valence-electron chi connectivity index (χ1n) is 7.36. The van der Waals surface area contributed by atoms with Crippen LogP contribution in [-0.2, 0) is 17.8 Å². The topological polar surface area (TPSA) is 71.7 Å². The summed E-state index contributed by atoms with van der Waals surface area (Å²) in [6.07, 6.45) is 2.62. The van der Waals surface area contributed by atoms with Crippen LogP contribution in [0, 0.1) is 3.95 Å². The van der Waals surface area contributed by atoms with E-state index < -0.39 is 5.97 Å². The Morgan fingerprint density at radius 3 is 2.65 bits per heavy atom. The number of hydrogen-bond donors (Lipinski definition) is 2. The maximum absolute atomic E-state index is 10.8. The second-order valence-corrected chi connectivity index (χ2v) is 6.85. The molecule has 2 N–H and O–H groups in total. The monoisotopic (exact) mass is 353 g/mol. The van der Waals surface area contributed by atoms with E-state index in [1.165, 1.54) is 15.9 Å². The summed E-state index contributed by atoms with van der Waals surface area (Å²) in [5.74, 6) is -0.275. The molecule has 0 saturated carbocycles. The Morgan fingerprint density at radius 2 is 2.04 bits per heavy atom. The van der Waals surface area contributed by atoms with Gasteiger partial charge in [0.1, 0.15) is 12.3 Å². The zero-order chi connectivity index (χ0) is 16.8.